The second-order valence-corrected chi connectivity index (χ2v) is 6.93. The zero-order valence-corrected chi connectivity index (χ0v) is 12.5. The van der Waals surface area contributed by atoms with Gasteiger partial charge in [-0.25, -0.2) is 9.78 Å². The number of anilines is 1. The minimum atomic E-state index is -0.0113. The van der Waals surface area contributed by atoms with Gasteiger partial charge in [0.05, 0.1) is 5.69 Å². The van der Waals surface area contributed by atoms with Gasteiger partial charge in [0, 0.05) is 23.4 Å². The van der Waals surface area contributed by atoms with Crippen LogP contribution < -0.4 is 16.4 Å². The molecule has 2 aliphatic carbocycles. The average Bonchev–Trinajstić information content (AvgIpc) is 2.79. The molecule has 1 aromatic heterocycles. The summed E-state index contributed by atoms with van der Waals surface area (Å²) in [5.41, 5.74) is 6.86. The first-order chi connectivity index (χ1) is 9.70. The Kier molecular flexibility index (Phi) is 4.10. The van der Waals surface area contributed by atoms with Crippen molar-refractivity contribution in [2.45, 2.75) is 63.5 Å². The topological polar surface area (TPSA) is 80.0 Å². The highest BCUT2D eigenvalue weighted by Gasteiger charge is 2.24. The van der Waals surface area contributed by atoms with Gasteiger partial charge in [0.1, 0.15) is 0 Å². The first-order valence-electron chi connectivity index (χ1n) is 7.52. The molecule has 0 radical (unpaired) electrons. The molecule has 20 heavy (non-hydrogen) atoms. The van der Waals surface area contributed by atoms with Gasteiger partial charge in [-0.3, -0.25) is 0 Å². The molecule has 6 heteroatoms. The Morgan fingerprint density at radius 1 is 1.15 bits per heavy atom. The third-order valence-electron chi connectivity index (χ3n) is 4.23. The van der Waals surface area contributed by atoms with Gasteiger partial charge < -0.3 is 16.4 Å². The number of nitrogens with zero attached hydrogens (tertiary/aromatic N) is 1. The van der Waals surface area contributed by atoms with Crippen molar-refractivity contribution < 1.29 is 4.79 Å². The number of hydrogen-bond donors (Lipinski definition) is 3. The highest BCUT2D eigenvalue weighted by atomic mass is 32.1. The molecule has 0 aliphatic heterocycles. The van der Waals surface area contributed by atoms with E-state index in [1.807, 2.05) is 0 Å². The summed E-state index contributed by atoms with van der Waals surface area (Å²) in [6.07, 6.45) is 8.74. The number of amides is 2. The summed E-state index contributed by atoms with van der Waals surface area (Å²) in [5.74, 6) is 0. The van der Waals surface area contributed by atoms with Crippen molar-refractivity contribution in [3.63, 3.8) is 0 Å². The van der Waals surface area contributed by atoms with Crippen LogP contribution in [0.25, 0.3) is 0 Å². The summed E-state index contributed by atoms with van der Waals surface area (Å²) in [4.78, 5) is 17.6. The standard InChI is InChI=1S/C14H22N4OS/c15-13-18-11-7-6-10(8-12(11)20-13)17-14(19)16-9-4-2-1-3-5-9/h9-10H,1-8H2,(H2,15,18)(H2,16,17,19). The van der Waals surface area contributed by atoms with Crippen molar-refractivity contribution >= 4 is 22.5 Å². The number of nitrogens with two attached hydrogens (primary N) is 1. The predicted octanol–water partition coefficient (Wildman–Crippen LogP) is 2.21. The molecule has 0 aromatic carbocycles. The fourth-order valence-electron chi connectivity index (χ4n) is 3.18. The Labute approximate surface area is 123 Å². The molecule has 1 atom stereocenters. The van der Waals surface area contributed by atoms with Crippen LogP contribution in [0.15, 0.2) is 0 Å². The smallest absolute Gasteiger partial charge is 0.315 e. The minimum absolute atomic E-state index is 0.0113. The molecule has 1 fully saturated rings. The van der Waals surface area contributed by atoms with E-state index in [0.29, 0.717) is 11.2 Å². The zero-order chi connectivity index (χ0) is 13.9. The number of carbonyl (C=O) groups is 1. The lowest BCUT2D eigenvalue weighted by atomic mass is 9.95. The number of aryl methyl sites for hydroxylation is 1. The number of hydrogen-bond acceptors (Lipinski definition) is 4. The maximum Gasteiger partial charge on any atom is 0.315 e. The van der Waals surface area contributed by atoms with Crippen LogP contribution in [0.1, 0.15) is 49.1 Å². The summed E-state index contributed by atoms with van der Waals surface area (Å²) in [6, 6.07) is 0.565. The monoisotopic (exact) mass is 294 g/mol. The van der Waals surface area contributed by atoms with Crippen LogP contribution in [-0.2, 0) is 12.8 Å². The number of urea groups is 1. The van der Waals surface area contributed by atoms with Gasteiger partial charge in [-0.2, -0.15) is 0 Å². The molecule has 4 N–H and O–H groups in total. The van der Waals surface area contributed by atoms with Gasteiger partial charge in [-0.05, 0) is 25.7 Å². The molecule has 3 rings (SSSR count). The van der Waals surface area contributed by atoms with Gasteiger partial charge in [0.25, 0.3) is 0 Å². The van der Waals surface area contributed by atoms with E-state index in [1.165, 1.54) is 24.1 Å². The molecule has 0 bridgehead atoms. The molecule has 1 unspecified atom stereocenters. The fraction of sp³-hybridized carbons (Fsp3) is 0.714. The predicted molar refractivity (Wildman–Crippen MR) is 80.9 cm³/mol. The number of nitrogen functional groups attached to an aromatic ring is 1. The van der Waals surface area contributed by atoms with Crippen LogP contribution >= 0.6 is 11.3 Å². The molecule has 5 nitrogen and oxygen atoms in total. The van der Waals surface area contributed by atoms with E-state index in [2.05, 4.69) is 15.6 Å². The highest BCUT2D eigenvalue weighted by molar-refractivity contribution is 7.15. The van der Waals surface area contributed by atoms with Gasteiger partial charge in [0.15, 0.2) is 5.13 Å². The van der Waals surface area contributed by atoms with Gasteiger partial charge in [0.2, 0.25) is 0 Å². The second kappa shape index (κ2) is 5.99. The normalized spacial score (nSPS) is 23.1. The third-order valence-corrected chi connectivity index (χ3v) is 5.18. The first-order valence-corrected chi connectivity index (χ1v) is 8.33. The van der Waals surface area contributed by atoms with Gasteiger partial charge in [-0.15, -0.1) is 11.3 Å². The van der Waals surface area contributed by atoms with E-state index in [4.69, 9.17) is 5.73 Å². The molecular weight excluding hydrogens is 272 g/mol. The molecule has 2 aliphatic rings. The van der Waals surface area contributed by atoms with Crippen LogP contribution in [-0.4, -0.2) is 23.1 Å². The molecule has 0 spiro atoms. The van der Waals surface area contributed by atoms with E-state index >= 15 is 0 Å². The van der Waals surface area contributed by atoms with Crippen molar-refractivity contribution in [1.29, 1.82) is 0 Å². The number of thiazole rings is 1. The first kappa shape index (κ1) is 13.7. The summed E-state index contributed by atoms with van der Waals surface area (Å²) >= 11 is 1.55. The minimum Gasteiger partial charge on any atom is -0.375 e. The summed E-state index contributed by atoms with van der Waals surface area (Å²) < 4.78 is 0. The van der Waals surface area contributed by atoms with Crippen LogP contribution in [0.2, 0.25) is 0 Å². The zero-order valence-electron chi connectivity index (χ0n) is 11.7. The van der Waals surface area contributed by atoms with Crippen molar-refractivity contribution in [1.82, 2.24) is 15.6 Å². The van der Waals surface area contributed by atoms with Crippen molar-refractivity contribution in [3.05, 3.63) is 10.6 Å². The molecular formula is C14H22N4OS. The number of carbonyl (C=O) groups excluding carboxylic acids is 1. The maximum atomic E-state index is 12.0. The van der Waals surface area contributed by atoms with E-state index in [-0.39, 0.29) is 12.1 Å². The lowest BCUT2D eigenvalue weighted by Crippen LogP contribution is -2.48. The maximum absolute atomic E-state index is 12.0. The molecule has 110 valence electrons. The Morgan fingerprint density at radius 3 is 2.70 bits per heavy atom. The van der Waals surface area contributed by atoms with Crippen molar-refractivity contribution in [2.24, 2.45) is 0 Å². The molecule has 0 saturated heterocycles. The lowest BCUT2D eigenvalue weighted by molar-refractivity contribution is 0.227. The van der Waals surface area contributed by atoms with Crippen LogP contribution in [0, 0.1) is 0 Å². The van der Waals surface area contributed by atoms with Crippen molar-refractivity contribution in [3.8, 4) is 0 Å². The van der Waals surface area contributed by atoms with E-state index < -0.39 is 0 Å². The lowest BCUT2D eigenvalue weighted by Gasteiger charge is -2.26. The van der Waals surface area contributed by atoms with Gasteiger partial charge >= 0.3 is 6.03 Å². The Bertz CT molecular complexity index is 482. The molecule has 1 saturated carbocycles. The molecule has 1 aromatic rings. The van der Waals surface area contributed by atoms with Gasteiger partial charge in [-0.1, -0.05) is 19.3 Å². The van der Waals surface area contributed by atoms with Crippen LogP contribution in [0.3, 0.4) is 0 Å². The summed E-state index contributed by atoms with van der Waals surface area (Å²) in [7, 11) is 0. The molecule has 2 amide bonds. The van der Waals surface area contributed by atoms with E-state index in [1.54, 1.807) is 11.3 Å². The highest BCUT2D eigenvalue weighted by Crippen LogP contribution is 2.28. The Hall–Kier alpha value is -1.30. The van der Waals surface area contributed by atoms with Crippen LogP contribution in [0.5, 0.6) is 0 Å². The van der Waals surface area contributed by atoms with Crippen LogP contribution in [0.4, 0.5) is 9.93 Å². The quantitative estimate of drug-likeness (QED) is 0.782. The SMILES string of the molecule is Nc1nc2c(s1)CC(NC(=O)NC1CCCCC1)CC2. The third kappa shape index (κ3) is 3.23. The molecule has 1 heterocycles. The number of nitrogens with one attached hydrogen (secondary N) is 2. The summed E-state index contributed by atoms with van der Waals surface area (Å²) in [6.45, 7) is 0. The summed E-state index contributed by atoms with van der Waals surface area (Å²) in [5, 5.41) is 6.85. The Morgan fingerprint density at radius 2 is 1.90 bits per heavy atom. The Balaban J connectivity index is 1.50. The number of aromatic nitrogens is 1. The van der Waals surface area contributed by atoms with E-state index in [0.717, 1.165) is 37.8 Å². The van der Waals surface area contributed by atoms with Crippen molar-refractivity contribution in [2.75, 3.05) is 5.73 Å². The number of rotatable bonds is 2. The second-order valence-electron chi connectivity index (χ2n) is 5.81. The van der Waals surface area contributed by atoms with E-state index in [9.17, 15) is 4.79 Å². The largest absolute Gasteiger partial charge is 0.375 e. The average molecular weight is 294 g/mol. The number of fused-ring (bicyclic) bond motifs is 1. The fourth-order valence-corrected chi connectivity index (χ4v) is 4.14.